The summed E-state index contributed by atoms with van der Waals surface area (Å²) in [7, 11) is 1.62. The van der Waals surface area contributed by atoms with Crippen molar-refractivity contribution in [2.45, 2.75) is 25.6 Å². The molecule has 0 unspecified atom stereocenters. The van der Waals surface area contributed by atoms with Crippen LogP contribution in [0.4, 0.5) is 0 Å². The molecule has 5 rings (SSSR count). The predicted molar refractivity (Wildman–Crippen MR) is 133 cm³/mol. The minimum absolute atomic E-state index is 0.115. The van der Waals surface area contributed by atoms with Crippen LogP contribution in [0.2, 0.25) is 0 Å². The number of nitrogens with zero attached hydrogens (tertiary/aromatic N) is 3. The van der Waals surface area contributed by atoms with Gasteiger partial charge in [0.05, 0.1) is 26.9 Å². The molecular weight excluding hydrogens is 444 g/mol. The van der Waals surface area contributed by atoms with E-state index in [2.05, 4.69) is 10.2 Å². The molecule has 8 heteroatoms. The summed E-state index contributed by atoms with van der Waals surface area (Å²) in [6.45, 7) is 6.81. The molecule has 1 saturated heterocycles. The maximum Gasteiger partial charge on any atom is 0.271 e. The van der Waals surface area contributed by atoms with Gasteiger partial charge < -0.3 is 24.3 Å². The van der Waals surface area contributed by atoms with E-state index >= 15 is 0 Å². The highest BCUT2D eigenvalue weighted by Crippen LogP contribution is 2.32. The van der Waals surface area contributed by atoms with Crippen LogP contribution in [-0.4, -0.2) is 78.2 Å². The van der Waals surface area contributed by atoms with Gasteiger partial charge in [-0.25, -0.2) is 0 Å². The molecule has 1 fully saturated rings. The fourth-order valence-corrected chi connectivity index (χ4v) is 5.14. The van der Waals surface area contributed by atoms with Gasteiger partial charge in [-0.2, -0.15) is 0 Å². The SMILES string of the molecule is COc1ccccc1CNC(=O)[C@]1(C)Cn2c(cc3ccccc32)C(=O)N1CCN1CCOCC1. The maximum absolute atomic E-state index is 13.8. The lowest BCUT2D eigenvalue weighted by Crippen LogP contribution is -2.65. The number of morpholine rings is 1. The van der Waals surface area contributed by atoms with E-state index in [1.807, 2.05) is 66.1 Å². The van der Waals surface area contributed by atoms with Gasteiger partial charge in [0, 0.05) is 49.2 Å². The molecule has 0 spiro atoms. The number of hydrogen-bond donors (Lipinski definition) is 1. The molecule has 1 aromatic heterocycles. The minimum atomic E-state index is -1.04. The maximum atomic E-state index is 13.8. The molecule has 8 nitrogen and oxygen atoms in total. The third-order valence-electron chi connectivity index (χ3n) is 7.20. The van der Waals surface area contributed by atoms with Gasteiger partial charge in [-0.15, -0.1) is 0 Å². The van der Waals surface area contributed by atoms with Crippen molar-refractivity contribution in [2.24, 2.45) is 0 Å². The largest absolute Gasteiger partial charge is 0.496 e. The Balaban J connectivity index is 1.44. The molecule has 3 heterocycles. The van der Waals surface area contributed by atoms with E-state index in [9.17, 15) is 9.59 Å². The average molecular weight is 477 g/mol. The number of methoxy groups -OCH3 is 1. The second-order valence-corrected chi connectivity index (χ2v) is 9.35. The first-order valence-electron chi connectivity index (χ1n) is 12.1. The van der Waals surface area contributed by atoms with Crippen molar-refractivity contribution in [1.82, 2.24) is 19.7 Å². The smallest absolute Gasteiger partial charge is 0.271 e. The van der Waals surface area contributed by atoms with Crippen LogP contribution in [0.3, 0.4) is 0 Å². The van der Waals surface area contributed by atoms with Crippen LogP contribution in [-0.2, 0) is 22.6 Å². The molecular formula is C27H32N4O4. The van der Waals surface area contributed by atoms with Gasteiger partial charge in [-0.05, 0) is 25.1 Å². The Morgan fingerprint density at radius 3 is 2.63 bits per heavy atom. The first kappa shape index (κ1) is 23.4. The van der Waals surface area contributed by atoms with Gasteiger partial charge in [-0.1, -0.05) is 36.4 Å². The van der Waals surface area contributed by atoms with Gasteiger partial charge in [0.1, 0.15) is 17.0 Å². The summed E-state index contributed by atoms with van der Waals surface area (Å²) in [5.41, 5.74) is 1.44. The number of ether oxygens (including phenoxy) is 2. The monoisotopic (exact) mass is 476 g/mol. The second-order valence-electron chi connectivity index (χ2n) is 9.35. The lowest BCUT2D eigenvalue weighted by atomic mass is 9.94. The molecule has 184 valence electrons. The van der Waals surface area contributed by atoms with E-state index in [4.69, 9.17) is 9.47 Å². The zero-order chi connectivity index (χ0) is 24.4. The summed E-state index contributed by atoms with van der Waals surface area (Å²) in [4.78, 5) is 31.6. The van der Waals surface area contributed by atoms with Gasteiger partial charge in [0.15, 0.2) is 0 Å². The van der Waals surface area contributed by atoms with Crippen molar-refractivity contribution in [3.63, 3.8) is 0 Å². The molecule has 1 N–H and O–H groups in total. The summed E-state index contributed by atoms with van der Waals surface area (Å²) in [5, 5.41) is 4.09. The number of fused-ring (bicyclic) bond motifs is 3. The Bertz CT molecular complexity index is 1230. The number of carbonyl (C=O) groups excluding carboxylic acids is 2. The Labute approximate surface area is 205 Å². The molecule has 0 radical (unpaired) electrons. The van der Waals surface area contributed by atoms with Gasteiger partial charge in [-0.3, -0.25) is 14.5 Å². The minimum Gasteiger partial charge on any atom is -0.496 e. The van der Waals surface area contributed by atoms with Crippen LogP contribution in [0, 0.1) is 0 Å². The van der Waals surface area contributed by atoms with E-state index < -0.39 is 5.54 Å². The van der Waals surface area contributed by atoms with Crippen LogP contribution < -0.4 is 10.1 Å². The number of hydrogen-bond acceptors (Lipinski definition) is 5. The Kier molecular flexibility index (Phi) is 6.49. The Hall–Kier alpha value is -3.36. The summed E-state index contributed by atoms with van der Waals surface area (Å²) < 4.78 is 12.9. The fourth-order valence-electron chi connectivity index (χ4n) is 5.14. The highest BCUT2D eigenvalue weighted by atomic mass is 16.5. The zero-order valence-electron chi connectivity index (χ0n) is 20.3. The van der Waals surface area contributed by atoms with Crippen molar-refractivity contribution >= 4 is 22.7 Å². The molecule has 35 heavy (non-hydrogen) atoms. The average Bonchev–Trinajstić information content (AvgIpc) is 3.26. The molecule has 2 aliphatic heterocycles. The molecule has 2 aliphatic rings. The lowest BCUT2D eigenvalue weighted by Gasteiger charge is -2.45. The number of rotatable bonds is 7. The quantitative estimate of drug-likeness (QED) is 0.567. The summed E-state index contributed by atoms with van der Waals surface area (Å²) in [6, 6.07) is 17.5. The molecule has 1 atom stereocenters. The highest BCUT2D eigenvalue weighted by molar-refractivity contribution is 6.03. The fraction of sp³-hybridized carbons (Fsp3) is 0.407. The number of para-hydroxylation sites is 2. The Morgan fingerprint density at radius 1 is 1.09 bits per heavy atom. The van der Waals surface area contributed by atoms with Crippen LogP contribution in [0.25, 0.3) is 10.9 Å². The van der Waals surface area contributed by atoms with Crippen molar-refractivity contribution < 1.29 is 19.1 Å². The van der Waals surface area contributed by atoms with Crippen LogP contribution in [0.5, 0.6) is 5.75 Å². The number of amides is 2. The topological polar surface area (TPSA) is 76.0 Å². The first-order chi connectivity index (χ1) is 17.0. The number of carbonyl (C=O) groups is 2. The molecule has 3 aromatic rings. The molecule has 2 aromatic carbocycles. The number of aromatic nitrogens is 1. The van der Waals surface area contributed by atoms with E-state index in [1.165, 1.54) is 0 Å². The van der Waals surface area contributed by atoms with Gasteiger partial charge in [0.25, 0.3) is 5.91 Å². The highest BCUT2D eigenvalue weighted by Gasteiger charge is 2.47. The normalized spacial score (nSPS) is 20.6. The van der Waals surface area contributed by atoms with Gasteiger partial charge >= 0.3 is 0 Å². The first-order valence-corrected chi connectivity index (χ1v) is 12.1. The van der Waals surface area contributed by atoms with Crippen LogP contribution >= 0.6 is 0 Å². The van der Waals surface area contributed by atoms with Crippen molar-refractivity contribution in [3.05, 3.63) is 65.9 Å². The van der Waals surface area contributed by atoms with E-state index in [0.29, 0.717) is 45.1 Å². The third-order valence-corrected chi connectivity index (χ3v) is 7.20. The number of benzene rings is 2. The molecule has 0 saturated carbocycles. The summed E-state index contributed by atoms with van der Waals surface area (Å²) in [5.74, 6) is 0.429. The van der Waals surface area contributed by atoms with Crippen molar-refractivity contribution in [1.29, 1.82) is 0 Å². The summed E-state index contributed by atoms with van der Waals surface area (Å²) >= 11 is 0. The Morgan fingerprint density at radius 2 is 1.83 bits per heavy atom. The zero-order valence-corrected chi connectivity index (χ0v) is 20.3. The molecule has 0 aliphatic carbocycles. The lowest BCUT2D eigenvalue weighted by molar-refractivity contribution is -0.133. The standard InChI is InChI=1S/C27H32N4O4/c1-27(26(33)28-18-21-8-4-6-10-24(21)34-2)19-30-22-9-5-3-7-20(22)17-23(30)25(32)31(27)12-11-29-13-15-35-16-14-29/h3-10,17H,11-16,18-19H2,1-2H3,(H,28,33)/t27-/m0/s1. The van der Waals surface area contributed by atoms with Crippen molar-refractivity contribution in [2.75, 3.05) is 46.5 Å². The van der Waals surface area contributed by atoms with Gasteiger partial charge in [0.2, 0.25) is 5.91 Å². The van der Waals surface area contributed by atoms with Crippen molar-refractivity contribution in [3.8, 4) is 5.75 Å². The summed E-state index contributed by atoms with van der Waals surface area (Å²) in [6.07, 6.45) is 0. The van der Waals surface area contributed by atoms with E-state index in [0.717, 1.165) is 35.3 Å². The van der Waals surface area contributed by atoms with Crippen LogP contribution in [0.1, 0.15) is 23.0 Å². The predicted octanol–water partition coefficient (Wildman–Crippen LogP) is 2.51. The van der Waals surface area contributed by atoms with Crippen LogP contribution in [0.15, 0.2) is 54.6 Å². The molecule has 2 amide bonds. The third kappa shape index (κ3) is 4.39. The van der Waals surface area contributed by atoms with E-state index in [-0.39, 0.29) is 11.8 Å². The second kappa shape index (κ2) is 9.71. The molecule has 0 bridgehead atoms. The number of nitrogens with one attached hydrogen (secondary N) is 1. The van der Waals surface area contributed by atoms with E-state index in [1.54, 1.807) is 12.0 Å².